The topological polar surface area (TPSA) is 63.9 Å². The molecule has 0 N–H and O–H groups in total. The number of rotatable bonds is 5. The SMILES string of the molecule is O=C(CSc1nnnn1-c1cccc(F)c1)N1CCc2sccc2C1c1cccs1. The molecule has 1 aliphatic heterocycles. The second-order valence-corrected chi connectivity index (χ2v) is 9.62. The average molecular weight is 458 g/mol. The summed E-state index contributed by atoms with van der Waals surface area (Å²) >= 11 is 4.68. The number of carbonyl (C=O) groups excluding carboxylic acids is 1. The van der Waals surface area contributed by atoms with Crippen LogP contribution in [0.4, 0.5) is 4.39 Å². The van der Waals surface area contributed by atoms with E-state index in [1.54, 1.807) is 34.8 Å². The maximum absolute atomic E-state index is 13.6. The number of thiophene rings is 2. The van der Waals surface area contributed by atoms with Crippen LogP contribution in [0.2, 0.25) is 0 Å². The molecular formula is C20H16FN5OS3. The zero-order chi connectivity index (χ0) is 20.5. The number of hydrogen-bond acceptors (Lipinski definition) is 7. The molecule has 1 atom stereocenters. The molecule has 1 amide bonds. The fourth-order valence-corrected chi connectivity index (χ4v) is 6.12. The molecule has 6 nitrogen and oxygen atoms in total. The van der Waals surface area contributed by atoms with Crippen LogP contribution in [0.3, 0.4) is 0 Å². The summed E-state index contributed by atoms with van der Waals surface area (Å²) in [6.45, 7) is 0.685. The Morgan fingerprint density at radius 1 is 1.20 bits per heavy atom. The Morgan fingerprint density at radius 2 is 2.13 bits per heavy atom. The van der Waals surface area contributed by atoms with E-state index in [1.165, 1.54) is 39.0 Å². The summed E-state index contributed by atoms with van der Waals surface area (Å²) in [6, 6.07) is 12.2. The molecule has 4 heterocycles. The van der Waals surface area contributed by atoms with Crippen molar-refractivity contribution in [2.75, 3.05) is 12.3 Å². The van der Waals surface area contributed by atoms with E-state index in [1.807, 2.05) is 16.3 Å². The average Bonchev–Trinajstić information content (AvgIpc) is 3.52. The molecule has 1 aromatic carbocycles. The molecule has 5 rings (SSSR count). The number of halogens is 1. The molecule has 1 unspecified atom stereocenters. The highest BCUT2D eigenvalue weighted by Gasteiger charge is 2.33. The molecule has 0 fully saturated rings. The maximum atomic E-state index is 13.6. The number of carbonyl (C=O) groups is 1. The Hall–Kier alpha value is -2.56. The number of amides is 1. The smallest absolute Gasteiger partial charge is 0.233 e. The molecule has 0 radical (unpaired) electrons. The monoisotopic (exact) mass is 457 g/mol. The van der Waals surface area contributed by atoms with Gasteiger partial charge in [-0.15, -0.1) is 27.8 Å². The zero-order valence-electron chi connectivity index (χ0n) is 15.6. The van der Waals surface area contributed by atoms with Crippen LogP contribution >= 0.6 is 34.4 Å². The summed E-state index contributed by atoms with van der Waals surface area (Å²) in [5, 5.41) is 16.2. The van der Waals surface area contributed by atoms with Crippen molar-refractivity contribution >= 4 is 40.3 Å². The molecular weight excluding hydrogens is 441 g/mol. The Kier molecular flexibility index (Phi) is 5.36. The number of hydrogen-bond donors (Lipinski definition) is 0. The Morgan fingerprint density at radius 3 is 2.97 bits per heavy atom. The number of aromatic nitrogens is 4. The molecule has 0 saturated heterocycles. The van der Waals surface area contributed by atoms with E-state index < -0.39 is 0 Å². The molecule has 30 heavy (non-hydrogen) atoms. The van der Waals surface area contributed by atoms with Gasteiger partial charge in [0.2, 0.25) is 11.1 Å². The van der Waals surface area contributed by atoms with Crippen LogP contribution in [0.5, 0.6) is 0 Å². The molecule has 152 valence electrons. The van der Waals surface area contributed by atoms with Gasteiger partial charge in [0.05, 0.1) is 17.5 Å². The molecule has 0 saturated carbocycles. The van der Waals surface area contributed by atoms with Gasteiger partial charge in [0, 0.05) is 16.3 Å². The van der Waals surface area contributed by atoms with Crippen molar-refractivity contribution in [3.63, 3.8) is 0 Å². The van der Waals surface area contributed by atoms with Crippen molar-refractivity contribution in [2.45, 2.75) is 17.6 Å². The van der Waals surface area contributed by atoms with Crippen LogP contribution in [0, 0.1) is 5.82 Å². The minimum atomic E-state index is -0.367. The van der Waals surface area contributed by atoms with E-state index in [9.17, 15) is 9.18 Å². The van der Waals surface area contributed by atoms with Crippen molar-refractivity contribution in [1.82, 2.24) is 25.1 Å². The van der Waals surface area contributed by atoms with Crippen LogP contribution < -0.4 is 0 Å². The lowest BCUT2D eigenvalue weighted by Crippen LogP contribution is -2.40. The first kappa shape index (κ1) is 19.4. The lowest BCUT2D eigenvalue weighted by Gasteiger charge is -2.35. The van der Waals surface area contributed by atoms with Gasteiger partial charge in [0.1, 0.15) is 5.82 Å². The first-order chi connectivity index (χ1) is 14.7. The van der Waals surface area contributed by atoms with E-state index in [0.29, 0.717) is 17.4 Å². The van der Waals surface area contributed by atoms with Crippen LogP contribution in [-0.2, 0) is 11.2 Å². The van der Waals surface area contributed by atoms with Crippen molar-refractivity contribution in [3.05, 3.63) is 74.4 Å². The summed E-state index contributed by atoms with van der Waals surface area (Å²) in [7, 11) is 0. The van der Waals surface area contributed by atoms with Gasteiger partial charge in [-0.25, -0.2) is 4.39 Å². The predicted molar refractivity (Wildman–Crippen MR) is 116 cm³/mol. The van der Waals surface area contributed by atoms with Gasteiger partial charge in [-0.3, -0.25) is 4.79 Å². The van der Waals surface area contributed by atoms with Crippen molar-refractivity contribution in [1.29, 1.82) is 0 Å². The van der Waals surface area contributed by atoms with Crippen molar-refractivity contribution in [2.24, 2.45) is 0 Å². The standard InChI is InChI=1S/C20H16FN5OS3/c21-13-3-1-4-14(11-13)26-20(22-23-24-26)30-12-18(27)25-8-6-16-15(7-10-29-16)19(25)17-5-2-9-28-17/h1-5,7,9-11,19H,6,8,12H2. The van der Waals surface area contributed by atoms with E-state index >= 15 is 0 Å². The molecule has 1 aliphatic rings. The minimum Gasteiger partial charge on any atom is -0.330 e. The summed E-state index contributed by atoms with van der Waals surface area (Å²) in [6.07, 6.45) is 0.867. The fraction of sp³-hybridized carbons (Fsp3) is 0.200. The van der Waals surface area contributed by atoms with Crippen molar-refractivity contribution in [3.8, 4) is 5.69 Å². The van der Waals surface area contributed by atoms with Crippen LogP contribution in [0.1, 0.15) is 21.4 Å². The Balaban J connectivity index is 1.36. The third-order valence-corrected chi connectivity index (χ3v) is 7.74. The highest BCUT2D eigenvalue weighted by molar-refractivity contribution is 7.99. The number of fused-ring (bicyclic) bond motifs is 1. The lowest BCUT2D eigenvalue weighted by molar-refractivity contribution is -0.130. The summed E-state index contributed by atoms with van der Waals surface area (Å²) < 4.78 is 15.0. The number of tetrazole rings is 1. The van der Waals surface area contributed by atoms with Gasteiger partial charge in [0.25, 0.3) is 0 Å². The van der Waals surface area contributed by atoms with Crippen molar-refractivity contribution < 1.29 is 9.18 Å². The summed E-state index contributed by atoms with van der Waals surface area (Å²) in [5.41, 5.74) is 1.74. The maximum Gasteiger partial charge on any atom is 0.233 e. The van der Waals surface area contributed by atoms with Gasteiger partial charge in [-0.2, -0.15) is 4.68 Å². The Bertz CT molecular complexity index is 1170. The quantitative estimate of drug-likeness (QED) is 0.421. The zero-order valence-corrected chi connectivity index (χ0v) is 18.1. The van der Waals surface area contributed by atoms with E-state index in [4.69, 9.17) is 0 Å². The lowest BCUT2D eigenvalue weighted by atomic mass is 9.98. The van der Waals surface area contributed by atoms with Crippen LogP contribution in [-0.4, -0.2) is 43.3 Å². The third kappa shape index (κ3) is 3.66. The number of thioether (sulfide) groups is 1. The van der Waals surface area contributed by atoms with Crippen LogP contribution in [0.15, 0.2) is 58.4 Å². The molecule has 0 aliphatic carbocycles. The van der Waals surface area contributed by atoms with E-state index in [2.05, 4.69) is 33.0 Å². The van der Waals surface area contributed by atoms with Gasteiger partial charge < -0.3 is 4.90 Å². The first-order valence-electron chi connectivity index (χ1n) is 9.27. The van der Waals surface area contributed by atoms with Gasteiger partial charge >= 0.3 is 0 Å². The fourth-order valence-electron chi connectivity index (χ4n) is 3.59. The Labute approximate surface area is 184 Å². The number of nitrogens with zero attached hydrogens (tertiary/aromatic N) is 5. The highest BCUT2D eigenvalue weighted by atomic mass is 32.2. The van der Waals surface area contributed by atoms with Gasteiger partial charge in [-0.1, -0.05) is 23.9 Å². The highest BCUT2D eigenvalue weighted by Crippen LogP contribution is 2.39. The van der Waals surface area contributed by atoms with Gasteiger partial charge in [0.15, 0.2) is 0 Å². The van der Waals surface area contributed by atoms with E-state index in [0.717, 1.165) is 11.3 Å². The molecule has 10 heteroatoms. The summed E-state index contributed by atoms with van der Waals surface area (Å²) in [5.74, 6) is -0.130. The second-order valence-electron chi connectivity index (χ2n) is 6.70. The molecule has 0 bridgehead atoms. The minimum absolute atomic E-state index is 0.0315. The van der Waals surface area contributed by atoms with Crippen LogP contribution in [0.25, 0.3) is 5.69 Å². The molecule has 3 aromatic heterocycles. The first-order valence-corrected chi connectivity index (χ1v) is 12.0. The second kappa shape index (κ2) is 8.29. The predicted octanol–water partition coefficient (Wildman–Crippen LogP) is 4.19. The number of benzene rings is 1. The summed E-state index contributed by atoms with van der Waals surface area (Å²) in [4.78, 5) is 17.7. The third-order valence-electron chi connectivity index (χ3n) is 4.92. The largest absolute Gasteiger partial charge is 0.330 e. The molecule has 4 aromatic rings. The normalized spacial score (nSPS) is 15.9. The van der Waals surface area contributed by atoms with E-state index in [-0.39, 0.29) is 23.5 Å². The van der Waals surface area contributed by atoms with Gasteiger partial charge in [-0.05, 0) is 63.5 Å². The molecule has 0 spiro atoms.